The molecule has 1 fully saturated rings. The quantitative estimate of drug-likeness (QED) is 0.684. The molecule has 1 aromatic carbocycles. The molecule has 0 unspecified atom stereocenters. The highest BCUT2D eigenvalue weighted by molar-refractivity contribution is 9.10. The van der Waals surface area contributed by atoms with Gasteiger partial charge in [0.05, 0.1) is 17.7 Å². The highest BCUT2D eigenvalue weighted by Gasteiger charge is 2.20. The summed E-state index contributed by atoms with van der Waals surface area (Å²) in [4.78, 5) is 0. The van der Waals surface area contributed by atoms with Gasteiger partial charge in [0.25, 0.3) is 0 Å². The largest absolute Gasteiger partial charge is 1.00 e. The molecule has 0 saturated heterocycles. The molecule has 3 nitrogen and oxygen atoms in total. The third-order valence-electron chi connectivity index (χ3n) is 3.91. The summed E-state index contributed by atoms with van der Waals surface area (Å²) < 4.78 is 12.6. The lowest BCUT2D eigenvalue weighted by atomic mass is 10.2. The lowest BCUT2D eigenvalue weighted by Gasteiger charge is -2.18. The molecule has 1 aromatic rings. The van der Waals surface area contributed by atoms with Gasteiger partial charge in [0.1, 0.15) is 0 Å². The number of hydrogen-bond acceptors (Lipinski definition) is 3. The Hall–Kier alpha value is -0.450. The molecular weight excluding hydrogens is 366 g/mol. The summed E-state index contributed by atoms with van der Waals surface area (Å²) in [5, 5.41) is 3.46. The number of unbranched alkanes of at least 4 members (excludes halogenated alkanes) is 1. The Balaban J connectivity index is 0.00000242. The molecular formula is C17H26BrClNO2-. The predicted octanol–water partition coefficient (Wildman–Crippen LogP) is 1.67. The van der Waals surface area contributed by atoms with E-state index in [-0.39, 0.29) is 12.4 Å². The average Bonchev–Trinajstić information content (AvgIpc) is 2.99. The molecule has 0 heterocycles. The zero-order chi connectivity index (χ0) is 15.1. The minimum Gasteiger partial charge on any atom is -1.00 e. The molecule has 0 amide bonds. The topological polar surface area (TPSA) is 30.5 Å². The first-order chi connectivity index (χ1) is 10.2. The van der Waals surface area contributed by atoms with Crippen molar-refractivity contribution in [1.29, 1.82) is 0 Å². The second-order valence-corrected chi connectivity index (χ2v) is 6.52. The Morgan fingerprint density at radius 3 is 2.64 bits per heavy atom. The van der Waals surface area contributed by atoms with Crippen LogP contribution in [0.2, 0.25) is 0 Å². The second-order valence-electron chi connectivity index (χ2n) is 5.66. The fraction of sp³-hybridized carbons (Fsp3) is 0.647. The lowest BCUT2D eigenvalue weighted by Crippen LogP contribution is -3.00. The van der Waals surface area contributed by atoms with Crippen molar-refractivity contribution in [3.8, 4) is 11.5 Å². The van der Waals surface area contributed by atoms with E-state index in [1.165, 1.54) is 31.2 Å². The standard InChI is InChI=1S/C17H26BrNO2.ClH/c1-3-4-9-19-12-13-10-15(18)17(16(11-13)20-2)21-14-7-5-6-8-14;/h10-11,14,19H,3-9,12H2,1-2H3;1H/p-1. The number of halogens is 2. The van der Waals surface area contributed by atoms with E-state index in [1.54, 1.807) is 7.11 Å². The third kappa shape index (κ3) is 5.64. The highest BCUT2D eigenvalue weighted by atomic mass is 79.9. The molecule has 1 saturated carbocycles. The normalized spacial score (nSPS) is 14.7. The molecule has 22 heavy (non-hydrogen) atoms. The molecule has 0 bridgehead atoms. The van der Waals surface area contributed by atoms with Crippen LogP contribution in [0, 0.1) is 0 Å². The van der Waals surface area contributed by atoms with Crippen LogP contribution < -0.4 is 27.2 Å². The Bertz CT molecular complexity index is 451. The van der Waals surface area contributed by atoms with E-state index >= 15 is 0 Å². The smallest absolute Gasteiger partial charge is 0.175 e. The summed E-state index contributed by atoms with van der Waals surface area (Å²) >= 11 is 3.64. The van der Waals surface area contributed by atoms with Crippen molar-refractivity contribution in [1.82, 2.24) is 5.32 Å². The number of benzene rings is 1. The van der Waals surface area contributed by atoms with Crippen LogP contribution in [0.15, 0.2) is 16.6 Å². The van der Waals surface area contributed by atoms with Gasteiger partial charge < -0.3 is 27.2 Å². The molecule has 0 spiro atoms. The second kappa shape index (κ2) is 10.3. The SMILES string of the molecule is CCCCNCc1cc(Br)c(OC2CCCC2)c(OC)c1.[Cl-]. The highest BCUT2D eigenvalue weighted by Crippen LogP contribution is 2.39. The van der Waals surface area contributed by atoms with Crippen LogP contribution in [0.3, 0.4) is 0 Å². The first kappa shape index (κ1) is 19.6. The molecule has 1 aliphatic carbocycles. The maximum atomic E-state index is 6.13. The zero-order valence-electron chi connectivity index (χ0n) is 13.5. The van der Waals surface area contributed by atoms with Gasteiger partial charge in [-0.3, -0.25) is 0 Å². The van der Waals surface area contributed by atoms with Gasteiger partial charge in [0.15, 0.2) is 11.5 Å². The van der Waals surface area contributed by atoms with Crippen molar-refractivity contribution < 1.29 is 21.9 Å². The fourth-order valence-electron chi connectivity index (χ4n) is 2.70. The molecule has 1 N–H and O–H groups in total. The van der Waals surface area contributed by atoms with Crippen molar-refractivity contribution in [3.05, 3.63) is 22.2 Å². The average molecular weight is 392 g/mol. The fourth-order valence-corrected chi connectivity index (χ4v) is 3.28. The summed E-state index contributed by atoms with van der Waals surface area (Å²) in [6, 6.07) is 4.21. The molecule has 0 aliphatic heterocycles. The zero-order valence-corrected chi connectivity index (χ0v) is 15.8. The van der Waals surface area contributed by atoms with Gasteiger partial charge >= 0.3 is 0 Å². The van der Waals surface area contributed by atoms with Crippen LogP contribution in [0.5, 0.6) is 11.5 Å². The Labute approximate surface area is 148 Å². The summed E-state index contributed by atoms with van der Waals surface area (Å²) in [5.41, 5.74) is 1.22. The van der Waals surface area contributed by atoms with Crippen LogP contribution in [-0.2, 0) is 6.54 Å². The van der Waals surface area contributed by atoms with Gasteiger partial charge in [0.2, 0.25) is 0 Å². The molecule has 2 rings (SSSR count). The summed E-state index contributed by atoms with van der Waals surface area (Å²) in [5.74, 6) is 1.67. The molecule has 0 atom stereocenters. The van der Waals surface area contributed by atoms with Gasteiger partial charge in [-0.25, -0.2) is 0 Å². The molecule has 1 aliphatic rings. The molecule has 0 radical (unpaired) electrons. The number of ether oxygens (including phenoxy) is 2. The van der Waals surface area contributed by atoms with E-state index in [9.17, 15) is 0 Å². The maximum absolute atomic E-state index is 6.13. The first-order valence-electron chi connectivity index (χ1n) is 7.98. The monoisotopic (exact) mass is 390 g/mol. The molecule has 0 aromatic heterocycles. The van der Waals surface area contributed by atoms with Crippen LogP contribution >= 0.6 is 15.9 Å². The van der Waals surface area contributed by atoms with Gasteiger partial charge in [-0.05, 0) is 72.3 Å². The van der Waals surface area contributed by atoms with Crippen LogP contribution in [0.4, 0.5) is 0 Å². The first-order valence-corrected chi connectivity index (χ1v) is 8.77. The Morgan fingerprint density at radius 1 is 1.27 bits per heavy atom. The Morgan fingerprint density at radius 2 is 2.00 bits per heavy atom. The van der Waals surface area contributed by atoms with Crippen molar-refractivity contribution in [3.63, 3.8) is 0 Å². The van der Waals surface area contributed by atoms with Gasteiger partial charge in [-0.15, -0.1) is 0 Å². The van der Waals surface area contributed by atoms with Crippen LogP contribution in [0.1, 0.15) is 51.0 Å². The van der Waals surface area contributed by atoms with Gasteiger partial charge in [-0.1, -0.05) is 13.3 Å². The van der Waals surface area contributed by atoms with Crippen molar-refractivity contribution in [2.45, 2.75) is 58.1 Å². The van der Waals surface area contributed by atoms with Crippen LogP contribution in [-0.4, -0.2) is 19.8 Å². The van der Waals surface area contributed by atoms with E-state index < -0.39 is 0 Å². The van der Waals surface area contributed by atoms with Gasteiger partial charge in [0, 0.05) is 6.54 Å². The van der Waals surface area contributed by atoms with Crippen molar-refractivity contribution in [2.24, 2.45) is 0 Å². The van der Waals surface area contributed by atoms with Crippen LogP contribution in [0.25, 0.3) is 0 Å². The molecule has 126 valence electrons. The number of rotatable bonds is 8. The number of nitrogens with one attached hydrogen (secondary N) is 1. The van der Waals surface area contributed by atoms with E-state index in [2.05, 4.69) is 40.3 Å². The van der Waals surface area contributed by atoms with Crippen molar-refractivity contribution in [2.75, 3.05) is 13.7 Å². The van der Waals surface area contributed by atoms with Gasteiger partial charge in [-0.2, -0.15) is 0 Å². The third-order valence-corrected chi connectivity index (χ3v) is 4.50. The lowest BCUT2D eigenvalue weighted by molar-refractivity contribution is -0.00000543. The maximum Gasteiger partial charge on any atom is 0.175 e. The minimum atomic E-state index is 0. The van der Waals surface area contributed by atoms with Crippen molar-refractivity contribution >= 4 is 15.9 Å². The minimum absolute atomic E-state index is 0. The van der Waals surface area contributed by atoms with E-state index in [1.807, 2.05) is 0 Å². The predicted molar refractivity (Wildman–Crippen MR) is 90.2 cm³/mol. The number of methoxy groups -OCH3 is 1. The number of hydrogen-bond donors (Lipinski definition) is 1. The van der Waals surface area contributed by atoms with E-state index in [0.717, 1.165) is 41.9 Å². The molecule has 5 heteroatoms. The summed E-state index contributed by atoms with van der Waals surface area (Å²) in [6.07, 6.45) is 7.60. The van der Waals surface area contributed by atoms with E-state index in [4.69, 9.17) is 9.47 Å². The van der Waals surface area contributed by atoms with E-state index in [0.29, 0.717) is 6.10 Å². The Kier molecular flexibility index (Phi) is 9.22. The summed E-state index contributed by atoms with van der Waals surface area (Å²) in [6.45, 7) is 4.12. The summed E-state index contributed by atoms with van der Waals surface area (Å²) in [7, 11) is 1.71.